The van der Waals surface area contributed by atoms with Crippen LogP contribution >= 0.6 is 23.4 Å². The number of ether oxygens (including phenoxy) is 1. The second-order valence-electron chi connectivity index (χ2n) is 4.89. The van der Waals surface area contributed by atoms with Gasteiger partial charge < -0.3 is 4.74 Å². The van der Waals surface area contributed by atoms with Crippen molar-refractivity contribution in [3.05, 3.63) is 47.2 Å². The van der Waals surface area contributed by atoms with E-state index >= 15 is 0 Å². The minimum absolute atomic E-state index is 0.0565. The van der Waals surface area contributed by atoms with E-state index in [1.165, 1.54) is 23.4 Å². The van der Waals surface area contributed by atoms with E-state index in [2.05, 4.69) is 10.1 Å². The topological polar surface area (TPSA) is 73.6 Å². The van der Waals surface area contributed by atoms with Crippen molar-refractivity contribution in [3.63, 3.8) is 0 Å². The normalized spacial score (nSPS) is 12.0. The summed E-state index contributed by atoms with van der Waals surface area (Å²) < 4.78 is 32.6. The number of aromatic nitrogens is 3. The van der Waals surface area contributed by atoms with Crippen LogP contribution in [0.2, 0.25) is 5.15 Å². The first kappa shape index (κ1) is 17.2. The quantitative estimate of drug-likeness (QED) is 0.498. The van der Waals surface area contributed by atoms with Crippen molar-refractivity contribution in [1.29, 1.82) is 0 Å². The molecule has 3 aromatic rings. The molecule has 126 valence electrons. The van der Waals surface area contributed by atoms with Gasteiger partial charge in [0.1, 0.15) is 10.2 Å². The van der Waals surface area contributed by atoms with E-state index in [9.17, 15) is 8.42 Å². The Morgan fingerprint density at radius 1 is 1.29 bits per heavy atom. The van der Waals surface area contributed by atoms with Gasteiger partial charge in [-0.05, 0) is 24.5 Å². The number of methoxy groups -OCH3 is 1. The van der Waals surface area contributed by atoms with Crippen LogP contribution in [-0.2, 0) is 21.2 Å². The number of hydrogen-bond donors (Lipinski definition) is 0. The van der Waals surface area contributed by atoms with E-state index in [1.807, 2.05) is 0 Å². The van der Waals surface area contributed by atoms with Gasteiger partial charge in [0.25, 0.3) is 0 Å². The summed E-state index contributed by atoms with van der Waals surface area (Å²) in [5.41, 5.74) is 0.731. The highest BCUT2D eigenvalue weighted by Gasteiger charge is 2.29. The van der Waals surface area contributed by atoms with Gasteiger partial charge in [0, 0.05) is 7.11 Å². The van der Waals surface area contributed by atoms with E-state index in [1.54, 1.807) is 42.7 Å². The Morgan fingerprint density at radius 2 is 2.00 bits per heavy atom. The SMILES string of the molecule is COCc1cc(Cl)n2nc(SC)c(S(=O)(=O)c3ccccc3)c2n1. The van der Waals surface area contributed by atoms with Gasteiger partial charge in [0.05, 0.1) is 17.2 Å². The monoisotopic (exact) mass is 383 g/mol. The highest BCUT2D eigenvalue weighted by atomic mass is 35.5. The Labute approximate surface area is 148 Å². The minimum Gasteiger partial charge on any atom is -0.378 e. The first-order valence-corrected chi connectivity index (χ1v) is 9.99. The van der Waals surface area contributed by atoms with Crippen molar-refractivity contribution in [2.75, 3.05) is 13.4 Å². The van der Waals surface area contributed by atoms with Crippen LogP contribution < -0.4 is 0 Å². The molecule has 0 N–H and O–H groups in total. The molecule has 3 rings (SSSR count). The number of sulfone groups is 1. The van der Waals surface area contributed by atoms with Crippen molar-refractivity contribution >= 4 is 38.8 Å². The molecule has 9 heteroatoms. The molecule has 0 unspecified atom stereocenters. The van der Waals surface area contributed by atoms with Crippen LogP contribution in [0.1, 0.15) is 5.69 Å². The van der Waals surface area contributed by atoms with Crippen LogP contribution in [0.4, 0.5) is 0 Å². The summed E-state index contributed by atoms with van der Waals surface area (Å²) >= 11 is 7.47. The molecule has 24 heavy (non-hydrogen) atoms. The third-order valence-electron chi connectivity index (χ3n) is 3.33. The maximum absolute atomic E-state index is 13.1. The van der Waals surface area contributed by atoms with Crippen LogP contribution in [0, 0.1) is 0 Å². The van der Waals surface area contributed by atoms with Gasteiger partial charge >= 0.3 is 0 Å². The molecule has 2 heterocycles. The molecule has 0 saturated carbocycles. The number of nitrogens with zero attached hydrogens (tertiary/aromatic N) is 3. The summed E-state index contributed by atoms with van der Waals surface area (Å²) in [6.45, 7) is 0.223. The second kappa shape index (κ2) is 6.72. The molecule has 0 atom stereocenters. The van der Waals surface area contributed by atoms with Gasteiger partial charge in [0.15, 0.2) is 10.5 Å². The molecule has 0 aliphatic heterocycles. The summed E-state index contributed by atoms with van der Waals surface area (Å²) in [6, 6.07) is 9.81. The molecular weight excluding hydrogens is 370 g/mol. The van der Waals surface area contributed by atoms with Crippen molar-refractivity contribution in [3.8, 4) is 0 Å². The van der Waals surface area contributed by atoms with Crippen molar-refractivity contribution < 1.29 is 13.2 Å². The number of halogens is 1. The summed E-state index contributed by atoms with van der Waals surface area (Å²) in [7, 11) is -2.25. The van der Waals surface area contributed by atoms with Gasteiger partial charge in [-0.25, -0.2) is 17.9 Å². The molecule has 0 saturated heterocycles. The third-order valence-corrected chi connectivity index (χ3v) is 6.21. The van der Waals surface area contributed by atoms with Gasteiger partial charge in [-0.1, -0.05) is 29.8 Å². The van der Waals surface area contributed by atoms with Gasteiger partial charge in [0.2, 0.25) is 9.84 Å². The number of rotatable bonds is 5. The lowest BCUT2D eigenvalue weighted by Crippen LogP contribution is -2.05. The number of thioether (sulfide) groups is 1. The maximum Gasteiger partial charge on any atom is 0.213 e. The lowest BCUT2D eigenvalue weighted by molar-refractivity contribution is 0.181. The number of benzene rings is 1. The predicted molar refractivity (Wildman–Crippen MR) is 92.4 cm³/mol. The second-order valence-corrected chi connectivity index (χ2v) is 7.96. The minimum atomic E-state index is -3.78. The summed E-state index contributed by atoms with van der Waals surface area (Å²) in [5, 5.41) is 4.91. The fraction of sp³-hybridized carbons (Fsp3) is 0.200. The molecule has 0 amide bonds. The molecule has 0 aliphatic rings. The molecular formula is C15H14ClN3O3S2. The smallest absolute Gasteiger partial charge is 0.213 e. The standard InChI is InChI=1S/C15H14ClN3O3S2/c1-22-9-10-8-12(16)19-14(17-10)13(15(18-19)23-2)24(20,21)11-6-4-3-5-7-11/h3-8H,9H2,1-2H3. The summed E-state index contributed by atoms with van der Waals surface area (Å²) in [5.74, 6) is 0. The fourth-order valence-corrected chi connectivity index (χ4v) is 4.95. The van der Waals surface area contributed by atoms with Crippen molar-refractivity contribution in [2.24, 2.45) is 0 Å². The average Bonchev–Trinajstić information content (AvgIpc) is 2.96. The summed E-state index contributed by atoms with van der Waals surface area (Å²) in [6.07, 6.45) is 1.76. The van der Waals surface area contributed by atoms with Crippen LogP contribution in [0.25, 0.3) is 5.65 Å². The Hall–Kier alpha value is -1.61. The molecule has 0 spiro atoms. The Kier molecular flexibility index (Phi) is 4.82. The Bertz CT molecular complexity index is 988. The van der Waals surface area contributed by atoms with Crippen LogP contribution in [0.3, 0.4) is 0 Å². The molecule has 1 aromatic carbocycles. The van der Waals surface area contributed by atoms with Crippen LogP contribution in [0.15, 0.2) is 51.2 Å². The molecule has 6 nitrogen and oxygen atoms in total. The zero-order chi connectivity index (χ0) is 17.3. The van der Waals surface area contributed by atoms with E-state index in [0.29, 0.717) is 10.7 Å². The van der Waals surface area contributed by atoms with Crippen molar-refractivity contribution in [1.82, 2.24) is 14.6 Å². The fourth-order valence-electron chi connectivity index (χ4n) is 2.30. The highest BCUT2D eigenvalue weighted by molar-refractivity contribution is 7.99. The average molecular weight is 384 g/mol. The van der Waals surface area contributed by atoms with Crippen LogP contribution in [0.5, 0.6) is 0 Å². The molecule has 0 radical (unpaired) electrons. The molecule has 2 aromatic heterocycles. The molecule has 0 bridgehead atoms. The van der Waals surface area contributed by atoms with E-state index < -0.39 is 9.84 Å². The van der Waals surface area contributed by atoms with E-state index in [0.717, 1.165) is 0 Å². The Balaban J connectivity index is 2.34. The van der Waals surface area contributed by atoms with E-state index in [-0.39, 0.29) is 27.2 Å². The van der Waals surface area contributed by atoms with E-state index in [4.69, 9.17) is 16.3 Å². The highest BCUT2D eigenvalue weighted by Crippen LogP contribution is 2.33. The van der Waals surface area contributed by atoms with Gasteiger partial charge in [-0.15, -0.1) is 11.8 Å². The maximum atomic E-state index is 13.1. The van der Waals surface area contributed by atoms with Gasteiger partial charge in [-0.2, -0.15) is 5.10 Å². The lowest BCUT2D eigenvalue weighted by Gasteiger charge is -2.06. The summed E-state index contributed by atoms with van der Waals surface area (Å²) in [4.78, 5) is 4.63. The zero-order valence-corrected chi connectivity index (χ0v) is 15.3. The number of fused-ring (bicyclic) bond motifs is 1. The zero-order valence-electron chi connectivity index (χ0n) is 12.9. The predicted octanol–water partition coefficient (Wildman–Crippen LogP) is 3.08. The van der Waals surface area contributed by atoms with Crippen molar-refractivity contribution in [2.45, 2.75) is 21.4 Å². The Morgan fingerprint density at radius 3 is 2.62 bits per heavy atom. The largest absolute Gasteiger partial charge is 0.378 e. The molecule has 0 aliphatic carbocycles. The first-order chi connectivity index (χ1) is 11.5. The lowest BCUT2D eigenvalue weighted by atomic mass is 10.4. The first-order valence-electron chi connectivity index (χ1n) is 6.90. The van der Waals surface area contributed by atoms with Gasteiger partial charge in [-0.3, -0.25) is 0 Å². The number of hydrogen-bond acceptors (Lipinski definition) is 6. The third kappa shape index (κ3) is 2.90. The molecule has 0 fully saturated rings. The van der Waals surface area contributed by atoms with Crippen LogP contribution in [-0.4, -0.2) is 36.4 Å².